The number of nitrogens with one attached hydrogen (secondary N) is 1. The normalized spacial score (nSPS) is 10.6. The van der Waals surface area contributed by atoms with Crippen molar-refractivity contribution in [2.24, 2.45) is 0 Å². The molecule has 0 spiro atoms. The van der Waals surface area contributed by atoms with Gasteiger partial charge in [-0.05, 0) is 18.6 Å². The van der Waals surface area contributed by atoms with Crippen LogP contribution in [-0.2, 0) is 11.3 Å². The molecule has 0 fully saturated rings. The Hall–Kier alpha value is -0.980. The molecule has 1 aromatic rings. The molecule has 0 atom stereocenters. The van der Waals surface area contributed by atoms with Crippen molar-refractivity contribution < 1.29 is 9.66 Å². The molecule has 19 heavy (non-hydrogen) atoms. The molecule has 0 aliphatic heterocycles. The number of rotatable bonds is 9. The van der Waals surface area contributed by atoms with E-state index in [-0.39, 0.29) is 10.6 Å². The smallest absolute Gasteiger partial charge is 0.275 e. The van der Waals surface area contributed by atoms with Gasteiger partial charge in [-0.3, -0.25) is 10.1 Å². The van der Waals surface area contributed by atoms with Gasteiger partial charge in [-0.15, -0.1) is 0 Å². The van der Waals surface area contributed by atoms with Crippen LogP contribution in [-0.4, -0.2) is 24.7 Å². The average Bonchev–Trinajstić information content (AvgIpc) is 2.39. The first-order valence-corrected chi connectivity index (χ1v) is 7.15. The SMILES string of the molecule is CCCCOCCNCc1ccc(Br)cc1[N+](=O)[O-]. The molecule has 0 saturated carbocycles. The largest absolute Gasteiger partial charge is 0.380 e. The molecule has 0 aliphatic carbocycles. The number of nitro benzene ring substituents is 1. The Morgan fingerprint density at radius 3 is 2.89 bits per heavy atom. The Bertz CT molecular complexity index is 413. The summed E-state index contributed by atoms with van der Waals surface area (Å²) in [7, 11) is 0. The van der Waals surface area contributed by atoms with Gasteiger partial charge in [0.05, 0.1) is 11.5 Å². The second-order valence-corrected chi connectivity index (χ2v) is 5.09. The van der Waals surface area contributed by atoms with E-state index in [0.29, 0.717) is 29.7 Å². The zero-order chi connectivity index (χ0) is 14.1. The van der Waals surface area contributed by atoms with Gasteiger partial charge in [0.2, 0.25) is 0 Å². The molecular weight excluding hydrogens is 312 g/mol. The molecule has 0 aliphatic rings. The summed E-state index contributed by atoms with van der Waals surface area (Å²) >= 11 is 3.24. The van der Waals surface area contributed by atoms with Crippen LogP contribution in [0.5, 0.6) is 0 Å². The number of benzene rings is 1. The highest BCUT2D eigenvalue weighted by Gasteiger charge is 2.13. The Balaban J connectivity index is 2.35. The van der Waals surface area contributed by atoms with Gasteiger partial charge in [-0.2, -0.15) is 0 Å². The lowest BCUT2D eigenvalue weighted by atomic mass is 10.2. The number of nitro groups is 1. The maximum absolute atomic E-state index is 10.9. The van der Waals surface area contributed by atoms with E-state index >= 15 is 0 Å². The summed E-state index contributed by atoms with van der Waals surface area (Å²) in [5, 5.41) is 14.1. The standard InChI is InChI=1S/C13H19BrN2O3/c1-2-3-7-19-8-6-15-10-11-4-5-12(14)9-13(11)16(17)18/h4-5,9,15H,2-3,6-8,10H2,1H3. The van der Waals surface area contributed by atoms with Gasteiger partial charge in [0, 0.05) is 35.8 Å². The van der Waals surface area contributed by atoms with Crippen LogP contribution in [0, 0.1) is 10.1 Å². The predicted octanol–water partition coefficient (Wildman–Crippen LogP) is 3.26. The van der Waals surface area contributed by atoms with Crippen LogP contribution in [0.15, 0.2) is 22.7 Å². The fourth-order valence-corrected chi connectivity index (χ4v) is 1.92. The lowest BCUT2D eigenvalue weighted by Gasteiger charge is -2.07. The zero-order valence-corrected chi connectivity index (χ0v) is 12.6. The summed E-state index contributed by atoms with van der Waals surface area (Å²) in [5.74, 6) is 0. The molecule has 0 bridgehead atoms. The summed E-state index contributed by atoms with van der Waals surface area (Å²) in [6.07, 6.45) is 2.19. The second kappa shape index (κ2) is 9.01. The van der Waals surface area contributed by atoms with Crippen LogP contribution < -0.4 is 5.32 Å². The molecule has 1 N–H and O–H groups in total. The zero-order valence-electron chi connectivity index (χ0n) is 11.0. The molecule has 0 amide bonds. The second-order valence-electron chi connectivity index (χ2n) is 4.17. The first kappa shape index (κ1) is 16.1. The molecule has 6 heteroatoms. The average molecular weight is 331 g/mol. The first-order valence-electron chi connectivity index (χ1n) is 6.36. The lowest BCUT2D eigenvalue weighted by Crippen LogP contribution is -2.20. The van der Waals surface area contributed by atoms with Crippen molar-refractivity contribution in [3.8, 4) is 0 Å². The number of hydrogen-bond donors (Lipinski definition) is 1. The molecule has 0 saturated heterocycles. The van der Waals surface area contributed by atoms with Crippen LogP contribution in [0.25, 0.3) is 0 Å². The van der Waals surface area contributed by atoms with E-state index in [1.165, 1.54) is 6.07 Å². The molecule has 1 rings (SSSR count). The van der Waals surface area contributed by atoms with Crippen LogP contribution in [0.1, 0.15) is 25.3 Å². The van der Waals surface area contributed by atoms with Crippen LogP contribution in [0.3, 0.4) is 0 Å². The molecule has 1 aromatic carbocycles. The maximum Gasteiger partial charge on any atom is 0.275 e. The van der Waals surface area contributed by atoms with Crippen molar-refractivity contribution in [3.05, 3.63) is 38.3 Å². The van der Waals surface area contributed by atoms with Gasteiger partial charge in [0.25, 0.3) is 5.69 Å². The van der Waals surface area contributed by atoms with Gasteiger partial charge < -0.3 is 10.1 Å². The predicted molar refractivity (Wildman–Crippen MR) is 78.2 cm³/mol. The summed E-state index contributed by atoms with van der Waals surface area (Å²) in [6.45, 7) is 4.69. The number of nitrogens with zero attached hydrogens (tertiary/aromatic N) is 1. The van der Waals surface area contributed by atoms with Gasteiger partial charge in [-0.1, -0.05) is 29.3 Å². The van der Waals surface area contributed by atoms with E-state index in [2.05, 4.69) is 28.2 Å². The third-order valence-corrected chi connectivity index (χ3v) is 3.12. The number of hydrogen-bond acceptors (Lipinski definition) is 4. The molecule has 0 radical (unpaired) electrons. The minimum Gasteiger partial charge on any atom is -0.380 e. The molecule has 0 unspecified atom stereocenters. The van der Waals surface area contributed by atoms with E-state index in [4.69, 9.17) is 4.74 Å². The topological polar surface area (TPSA) is 64.4 Å². The summed E-state index contributed by atoms with van der Waals surface area (Å²) in [5.41, 5.74) is 0.815. The number of halogens is 1. The summed E-state index contributed by atoms with van der Waals surface area (Å²) in [6, 6.07) is 5.09. The third kappa shape index (κ3) is 6.13. The van der Waals surface area contributed by atoms with Crippen LogP contribution >= 0.6 is 15.9 Å². The summed E-state index contributed by atoms with van der Waals surface area (Å²) < 4.78 is 6.12. The minimum absolute atomic E-state index is 0.133. The monoisotopic (exact) mass is 330 g/mol. The summed E-state index contributed by atoms with van der Waals surface area (Å²) in [4.78, 5) is 10.6. The molecule has 0 aromatic heterocycles. The van der Waals surface area contributed by atoms with Crippen molar-refractivity contribution in [2.45, 2.75) is 26.3 Å². The molecular formula is C13H19BrN2O3. The van der Waals surface area contributed by atoms with Crippen molar-refractivity contribution in [2.75, 3.05) is 19.8 Å². The van der Waals surface area contributed by atoms with Gasteiger partial charge in [0.1, 0.15) is 0 Å². The Labute approximate surface area is 121 Å². The Kier molecular flexibility index (Phi) is 7.62. The Morgan fingerprint density at radius 1 is 1.42 bits per heavy atom. The highest BCUT2D eigenvalue weighted by Crippen LogP contribution is 2.23. The first-order chi connectivity index (χ1) is 9.15. The van der Waals surface area contributed by atoms with E-state index in [0.717, 1.165) is 19.4 Å². The molecule has 106 valence electrons. The lowest BCUT2D eigenvalue weighted by molar-refractivity contribution is -0.385. The quantitative estimate of drug-likeness (QED) is 0.428. The highest BCUT2D eigenvalue weighted by atomic mass is 79.9. The molecule has 0 heterocycles. The van der Waals surface area contributed by atoms with Gasteiger partial charge in [-0.25, -0.2) is 0 Å². The van der Waals surface area contributed by atoms with Gasteiger partial charge in [0.15, 0.2) is 0 Å². The fraction of sp³-hybridized carbons (Fsp3) is 0.538. The number of ether oxygens (including phenoxy) is 1. The van der Waals surface area contributed by atoms with E-state index < -0.39 is 0 Å². The van der Waals surface area contributed by atoms with E-state index in [9.17, 15) is 10.1 Å². The van der Waals surface area contributed by atoms with Crippen LogP contribution in [0.4, 0.5) is 5.69 Å². The van der Waals surface area contributed by atoms with Crippen molar-refractivity contribution in [3.63, 3.8) is 0 Å². The highest BCUT2D eigenvalue weighted by molar-refractivity contribution is 9.10. The van der Waals surface area contributed by atoms with E-state index in [1.807, 2.05) is 6.07 Å². The van der Waals surface area contributed by atoms with Gasteiger partial charge >= 0.3 is 0 Å². The van der Waals surface area contributed by atoms with E-state index in [1.54, 1.807) is 6.07 Å². The Morgan fingerprint density at radius 2 is 2.21 bits per heavy atom. The third-order valence-electron chi connectivity index (χ3n) is 2.62. The van der Waals surface area contributed by atoms with Crippen molar-refractivity contribution >= 4 is 21.6 Å². The van der Waals surface area contributed by atoms with Crippen molar-refractivity contribution in [1.82, 2.24) is 5.32 Å². The number of unbranched alkanes of at least 4 members (excludes halogenated alkanes) is 1. The molecule has 5 nitrogen and oxygen atoms in total. The maximum atomic E-state index is 10.9. The minimum atomic E-state index is -0.362. The fourth-order valence-electron chi connectivity index (χ4n) is 1.57. The van der Waals surface area contributed by atoms with Crippen molar-refractivity contribution in [1.29, 1.82) is 0 Å². The van der Waals surface area contributed by atoms with Crippen LogP contribution in [0.2, 0.25) is 0 Å².